The standard InChI is InChI=1S/C9H17N3O/c1-4-8(9(11)13)12(3)7(2)5-6-10/h7-8H,4-5H2,1-3H3,(H2,11,13). The van der Waals surface area contributed by atoms with Crippen molar-refractivity contribution >= 4 is 5.91 Å². The normalized spacial score (nSPS) is 15.0. The van der Waals surface area contributed by atoms with Gasteiger partial charge in [0, 0.05) is 6.04 Å². The predicted molar refractivity (Wildman–Crippen MR) is 50.7 cm³/mol. The first-order valence-corrected chi connectivity index (χ1v) is 4.42. The van der Waals surface area contributed by atoms with Gasteiger partial charge in [0.1, 0.15) is 0 Å². The summed E-state index contributed by atoms with van der Waals surface area (Å²) in [6.07, 6.45) is 1.10. The number of carbonyl (C=O) groups excluding carboxylic acids is 1. The second-order valence-electron chi connectivity index (χ2n) is 3.20. The van der Waals surface area contributed by atoms with Crippen molar-refractivity contribution in [3.8, 4) is 6.07 Å². The Morgan fingerprint density at radius 1 is 1.69 bits per heavy atom. The van der Waals surface area contributed by atoms with Crippen molar-refractivity contribution in [1.29, 1.82) is 5.26 Å². The molecule has 2 unspecified atom stereocenters. The molecular formula is C9H17N3O. The lowest BCUT2D eigenvalue weighted by Crippen LogP contribution is -2.46. The summed E-state index contributed by atoms with van der Waals surface area (Å²) in [7, 11) is 1.82. The van der Waals surface area contributed by atoms with Crippen LogP contribution < -0.4 is 5.73 Å². The van der Waals surface area contributed by atoms with Gasteiger partial charge in [-0.2, -0.15) is 5.26 Å². The summed E-state index contributed by atoms with van der Waals surface area (Å²) >= 11 is 0. The number of hydrogen-bond donors (Lipinski definition) is 1. The van der Waals surface area contributed by atoms with Crippen LogP contribution in [0.3, 0.4) is 0 Å². The Kier molecular flexibility index (Phi) is 5.09. The molecule has 0 aromatic carbocycles. The maximum Gasteiger partial charge on any atom is 0.234 e. The molecule has 0 spiro atoms. The SMILES string of the molecule is CCC(C(N)=O)N(C)C(C)CC#N. The Labute approximate surface area is 79.3 Å². The molecule has 0 aliphatic carbocycles. The van der Waals surface area contributed by atoms with E-state index < -0.39 is 0 Å². The topological polar surface area (TPSA) is 70.1 Å². The molecule has 0 radical (unpaired) electrons. The summed E-state index contributed by atoms with van der Waals surface area (Å²) in [6, 6.07) is 1.88. The van der Waals surface area contributed by atoms with E-state index in [1.165, 1.54) is 0 Å². The van der Waals surface area contributed by atoms with Crippen LogP contribution in [0.25, 0.3) is 0 Å². The van der Waals surface area contributed by atoms with Crippen LogP contribution in [-0.2, 0) is 4.79 Å². The summed E-state index contributed by atoms with van der Waals surface area (Å²) < 4.78 is 0. The number of nitriles is 1. The Morgan fingerprint density at radius 3 is 2.54 bits per heavy atom. The predicted octanol–water partition coefficient (Wildman–Crippen LogP) is 0.484. The molecular weight excluding hydrogens is 166 g/mol. The Hall–Kier alpha value is -1.08. The van der Waals surface area contributed by atoms with Gasteiger partial charge in [0.2, 0.25) is 5.91 Å². The second kappa shape index (κ2) is 5.55. The van der Waals surface area contributed by atoms with Crippen LogP contribution in [-0.4, -0.2) is 29.9 Å². The first-order valence-electron chi connectivity index (χ1n) is 4.42. The zero-order chi connectivity index (χ0) is 10.4. The van der Waals surface area contributed by atoms with Crippen LogP contribution in [0.5, 0.6) is 0 Å². The van der Waals surface area contributed by atoms with E-state index in [-0.39, 0.29) is 18.0 Å². The van der Waals surface area contributed by atoms with Crippen molar-refractivity contribution in [3.63, 3.8) is 0 Å². The monoisotopic (exact) mass is 183 g/mol. The van der Waals surface area contributed by atoms with E-state index >= 15 is 0 Å². The van der Waals surface area contributed by atoms with Crippen molar-refractivity contribution in [3.05, 3.63) is 0 Å². The molecule has 1 amide bonds. The summed E-state index contributed by atoms with van der Waals surface area (Å²) in [5.74, 6) is -0.324. The lowest BCUT2D eigenvalue weighted by molar-refractivity contribution is -0.123. The van der Waals surface area contributed by atoms with E-state index in [4.69, 9.17) is 11.0 Å². The number of carbonyl (C=O) groups is 1. The maximum atomic E-state index is 11.0. The van der Waals surface area contributed by atoms with Gasteiger partial charge in [-0.1, -0.05) is 6.92 Å². The van der Waals surface area contributed by atoms with Crippen molar-refractivity contribution in [2.45, 2.75) is 38.8 Å². The fourth-order valence-electron chi connectivity index (χ4n) is 1.27. The largest absolute Gasteiger partial charge is 0.368 e. The van der Waals surface area contributed by atoms with Gasteiger partial charge in [-0.3, -0.25) is 9.69 Å². The molecule has 4 nitrogen and oxygen atoms in total. The van der Waals surface area contributed by atoms with Crippen LogP contribution >= 0.6 is 0 Å². The van der Waals surface area contributed by atoms with Crippen molar-refractivity contribution in [1.82, 2.24) is 4.90 Å². The van der Waals surface area contributed by atoms with E-state index in [0.29, 0.717) is 12.8 Å². The van der Waals surface area contributed by atoms with Crippen LogP contribution in [0.2, 0.25) is 0 Å². The Balaban J connectivity index is 4.28. The highest BCUT2D eigenvalue weighted by Crippen LogP contribution is 2.08. The number of nitrogens with two attached hydrogens (primary N) is 1. The zero-order valence-electron chi connectivity index (χ0n) is 8.45. The summed E-state index contributed by atoms with van der Waals surface area (Å²) in [5.41, 5.74) is 5.22. The molecule has 13 heavy (non-hydrogen) atoms. The van der Waals surface area contributed by atoms with Crippen LogP contribution in [0.1, 0.15) is 26.7 Å². The summed E-state index contributed by atoms with van der Waals surface area (Å²) in [4.78, 5) is 12.8. The molecule has 0 aliphatic rings. The molecule has 2 N–H and O–H groups in total. The molecule has 74 valence electrons. The van der Waals surface area contributed by atoms with Gasteiger partial charge < -0.3 is 5.73 Å². The van der Waals surface area contributed by atoms with Gasteiger partial charge >= 0.3 is 0 Å². The molecule has 0 bridgehead atoms. The smallest absolute Gasteiger partial charge is 0.234 e. The first kappa shape index (κ1) is 11.9. The zero-order valence-corrected chi connectivity index (χ0v) is 8.45. The van der Waals surface area contributed by atoms with Crippen molar-refractivity contribution in [2.24, 2.45) is 5.73 Å². The van der Waals surface area contributed by atoms with E-state index in [9.17, 15) is 4.79 Å². The van der Waals surface area contributed by atoms with E-state index in [0.717, 1.165) is 0 Å². The van der Waals surface area contributed by atoms with Gasteiger partial charge in [0.15, 0.2) is 0 Å². The molecule has 0 saturated heterocycles. The van der Waals surface area contributed by atoms with E-state index in [1.807, 2.05) is 25.8 Å². The maximum absolute atomic E-state index is 11.0. The van der Waals surface area contributed by atoms with Crippen molar-refractivity contribution in [2.75, 3.05) is 7.05 Å². The summed E-state index contributed by atoms with van der Waals surface area (Å²) in [5, 5.41) is 8.49. The molecule has 2 atom stereocenters. The number of primary amides is 1. The van der Waals surface area contributed by atoms with Gasteiger partial charge in [-0.15, -0.1) is 0 Å². The Bertz CT molecular complexity index is 209. The molecule has 4 heteroatoms. The number of amides is 1. The average molecular weight is 183 g/mol. The Morgan fingerprint density at radius 2 is 2.23 bits per heavy atom. The van der Waals surface area contributed by atoms with Gasteiger partial charge in [-0.25, -0.2) is 0 Å². The molecule has 0 aromatic rings. The minimum Gasteiger partial charge on any atom is -0.368 e. The van der Waals surface area contributed by atoms with Gasteiger partial charge in [-0.05, 0) is 20.4 Å². The van der Waals surface area contributed by atoms with Crippen LogP contribution in [0, 0.1) is 11.3 Å². The molecule has 0 rings (SSSR count). The van der Waals surface area contributed by atoms with E-state index in [1.54, 1.807) is 0 Å². The lowest BCUT2D eigenvalue weighted by atomic mass is 10.1. The highest BCUT2D eigenvalue weighted by Gasteiger charge is 2.22. The third kappa shape index (κ3) is 3.43. The molecule has 0 aromatic heterocycles. The highest BCUT2D eigenvalue weighted by molar-refractivity contribution is 5.79. The number of rotatable bonds is 5. The fourth-order valence-corrected chi connectivity index (χ4v) is 1.27. The van der Waals surface area contributed by atoms with Gasteiger partial charge in [0.25, 0.3) is 0 Å². The number of nitrogens with zero attached hydrogens (tertiary/aromatic N) is 2. The van der Waals surface area contributed by atoms with Crippen LogP contribution in [0.15, 0.2) is 0 Å². The lowest BCUT2D eigenvalue weighted by Gasteiger charge is -2.28. The molecule has 0 aliphatic heterocycles. The third-order valence-electron chi connectivity index (χ3n) is 2.29. The highest BCUT2D eigenvalue weighted by atomic mass is 16.1. The number of likely N-dealkylation sites (N-methyl/N-ethyl adjacent to an activating group) is 1. The first-order chi connectivity index (χ1) is 6.04. The number of hydrogen-bond acceptors (Lipinski definition) is 3. The quantitative estimate of drug-likeness (QED) is 0.674. The van der Waals surface area contributed by atoms with Crippen molar-refractivity contribution < 1.29 is 4.79 Å². The van der Waals surface area contributed by atoms with Crippen LogP contribution in [0.4, 0.5) is 0 Å². The second-order valence-corrected chi connectivity index (χ2v) is 3.20. The van der Waals surface area contributed by atoms with Gasteiger partial charge in [0.05, 0.1) is 18.5 Å². The minimum atomic E-state index is -0.324. The van der Waals surface area contributed by atoms with E-state index in [2.05, 4.69) is 6.07 Å². The average Bonchev–Trinajstić information content (AvgIpc) is 2.05. The third-order valence-corrected chi connectivity index (χ3v) is 2.29. The molecule has 0 fully saturated rings. The minimum absolute atomic E-state index is 0.0717. The summed E-state index contributed by atoms with van der Waals surface area (Å²) in [6.45, 7) is 3.82. The fraction of sp³-hybridized carbons (Fsp3) is 0.778. The molecule has 0 saturated carbocycles. The molecule has 0 heterocycles.